The average Bonchev–Trinajstić information content (AvgIpc) is 2.36. The number of nitrogens with zero attached hydrogens (tertiary/aromatic N) is 2. The summed E-state index contributed by atoms with van der Waals surface area (Å²) in [6.45, 7) is 3.38. The van der Waals surface area contributed by atoms with Gasteiger partial charge in [-0.25, -0.2) is 0 Å². The summed E-state index contributed by atoms with van der Waals surface area (Å²) < 4.78 is 0. The molecule has 1 aromatic rings. The fourth-order valence-electron chi connectivity index (χ4n) is 1.82. The van der Waals surface area contributed by atoms with Crippen LogP contribution in [-0.2, 0) is 11.3 Å². The molecule has 0 radical (unpaired) electrons. The number of hydrogen-bond acceptors (Lipinski definition) is 4. The third kappa shape index (κ3) is 3.47. The van der Waals surface area contributed by atoms with Gasteiger partial charge in [0.25, 0.3) is 0 Å². The van der Waals surface area contributed by atoms with Crippen LogP contribution in [0.5, 0.6) is 0 Å². The molecule has 0 unspecified atom stereocenters. The molecule has 0 aliphatic heterocycles. The van der Waals surface area contributed by atoms with Crippen LogP contribution in [0.1, 0.15) is 18.1 Å². The molecule has 0 atom stereocenters. The van der Waals surface area contributed by atoms with E-state index in [1.165, 1.54) is 0 Å². The zero-order valence-electron chi connectivity index (χ0n) is 10.7. The summed E-state index contributed by atoms with van der Waals surface area (Å²) in [5.74, 6) is -0.403. The van der Waals surface area contributed by atoms with Crippen molar-refractivity contribution in [3.05, 3.63) is 29.3 Å². The minimum atomic E-state index is -0.403. The highest BCUT2D eigenvalue weighted by Gasteiger charge is 2.12. The number of hydrogen-bond donors (Lipinski definition) is 2. The molecule has 0 aliphatic rings. The van der Waals surface area contributed by atoms with Crippen LogP contribution in [0.4, 0.5) is 5.69 Å². The summed E-state index contributed by atoms with van der Waals surface area (Å²) in [6.07, 6.45) is 0. The molecule has 96 valence electrons. The second-order valence-electron chi connectivity index (χ2n) is 3.97. The number of nitrogens with two attached hydrogens (primary N) is 1. The van der Waals surface area contributed by atoms with Crippen LogP contribution in [0.3, 0.4) is 0 Å². The van der Waals surface area contributed by atoms with E-state index in [4.69, 9.17) is 5.73 Å². The molecule has 0 fully saturated rings. The van der Waals surface area contributed by atoms with Crippen LogP contribution in [-0.4, -0.2) is 26.0 Å². The predicted octanol–water partition coefficient (Wildman–Crippen LogP) is 0.589. The molecule has 0 aromatic heterocycles. The van der Waals surface area contributed by atoms with E-state index in [1.54, 1.807) is 4.90 Å². The van der Waals surface area contributed by atoms with Gasteiger partial charge < -0.3 is 16.0 Å². The monoisotopic (exact) mass is 246 g/mol. The Bertz CT molecular complexity index is 465. The first-order valence-electron chi connectivity index (χ1n) is 5.83. The lowest BCUT2D eigenvalue weighted by molar-refractivity contribution is -0.116. The molecule has 0 saturated heterocycles. The van der Waals surface area contributed by atoms with Crippen molar-refractivity contribution in [3.63, 3.8) is 0 Å². The average molecular weight is 246 g/mol. The minimum Gasteiger partial charge on any atom is -0.368 e. The Morgan fingerprint density at radius 2 is 2.28 bits per heavy atom. The van der Waals surface area contributed by atoms with E-state index >= 15 is 0 Å². The lowest BCUT2D eigenvalue weighted by atomic mass is 10.1. The Morgan fingerprint density at radius 3 is 2.78 bits per heavy atom. The van der Waals surface area contributed by atoms with Crippen molar-refractivity contribution < 1.29 is 4.79 Å². The van der Waals surface area contributed by atoms with Gasteiger partial charge in [-0.15, -0.1) is 0 Å². The molecule has 0 heterocycles. The van der Waals surface area contributed by atoms with Crippen molar-refractivity contribution in [2.24, 2.45) is 5.73 Å². The number of carbonyl (C=O) groups is 1. The topological polar surface area (TPSA) is 82.2 Å². The van der Waals surface area contributed by atoms with Gasteiger partial charge in [-0.2, -0.15) is 5.26 Å². The molecule has 0 bridgehead atoms. The van der Waals surface area contributed by atoms with Crippen molar-refractivity contribution >= 4 is 11.6 Å². The maximum Gasteiger partial charge on any atom is 0.236 e. The lowest BCUT2D eigenvalue weighted by Gasteiger charge is -2.22. The first kappa shape index (κ1) is 14.0. The number of carbonyl (C=O) groups excluding carboxylic acids is 1. The number of likely N-dealkylation sites (N-methyl/N-ethyl adjacent to an activating group) is 1. The number of nitriles is 1. The van der Waals surface area contributed by atoms with Crippen molar-refractivity contribution in [2.45, 2.75) is 13.5 Å². The van der Waals surface area contributed by atoms with E-state index < -0.39 is 5.91 Å². The smallest absolute Gasteiger partial charge is 0.236 e. The number of anilines is 1. The quantitative estimate of drug-likeness (QED) is 0.769. The van der Waals surface area contributed by atoms with E-state index in [9.17, 15) is 10.1 Å². The Labute approximate surface area is 107 Å². The molecular weight excluding hydrogens is 228 g/mol. The first-order chi connectivity index (χ1) is 8.62. The number of primary amides is 1. The number of nitrogens with one attached hydrogen (secondary N) is 1. The van der Waals surface area contributed by atoms with E-state index in [-0.39, 0.29) is 6.54 Å². The van der Waals surface area contributed by atoms with Gasteiger partial charge in [0.1, 0.15) is 6.07 Å². The van der Waals surface area contributed by atoms with Gasteiger partial charge in [0.2, 0.25) is 5.91 Å². The second-order valence-corrected chi connectivity index (χ2v) is 3.97. The molecule has 5 nitrogen and oxygen atoms in total. The highest BCUT2D eigenvalue weighted by atomic mass is 16.1. The molecule has 1 aromatic carbocycles. The van der Waals surface area contributed by atoms with Gasteiger partial charge in [-0.1, -0.05) is 6.07 Å². The molecule has 3 N–H and O–H groups in total. The maximum absolute atomic E-state index is 11.0. The van der Waals surface area contributed by atoms with E-state index in [1.807, 2.05) is 32.2 Å². The molecule has 0 spiro atoms. The molecule has 1 rings (SSSR count). The number of benzene rings is 1. The second kappa shape index (κ2) is 6.62. The normalized spacial score (nSPS) is 9.83. The van der Waals surface area contributed by atoms with Crippen molar-refractivity contribution in [2.75, 3.05) is 25.0 Å². The van der Waals surface area contributed by atoms with Crippen molar-refractivity contribution in [1.82, 2.24) is 5.32 Å². The summed E-state index contributed by atoms with van der Waals surface area (Å²) in [7, 11) is 1.85. The van der Waals surface area contributed by atoms with E-state index in [0.717, 1.165) is 11.3 Å². The Morgan fingerprint density at radius 1 is 1.56 bits per heavy atom. The zero-order chi connectivity index (χ0) is 13.5. The molecule has 1 amide bonds. The van der Waals surface area contributed by atoms with Gasteiger partial charge in [-0.05, 0) is 31.7 Å². The third-order valence-corrected chi connectivity index (χ3v) is 2.63. The van der Waals surface area contributed by atoms with Crippen molar-refractivity contribution in [1.29, 1.82) is 5.26 Å². The van der Waals surface area contributed by atoms with Crippen LogP contribution in [0.2, 0.25) is 0 Å². The highest BCUT2D eigenvalue weighted by molar-refractivity contribution is 5.80. The van der Waals surface area contributed by atoms with Gasteiger partial charge in [0.15, 0.2) is 0 Å². The van der Waals surface area contributed by atoms with Crippen LogP contribution in [0.15, 0.2) is 18.2 Å². The minimum absolute atomic E-state index is 0.122. The van der Waals surface area contributed by atoms with E-state index in [0.29, 0.717) is 18.7 Å². The molecule has 5 heteroatoms. The SMILES string of the molecule is CCN(CC(N)=O)c1ccc(CNC)cc1C#N. The Hall–Kier alpha value is -2.06. The number of amides is 1. The summed E-state index contributed by atoms with van der Waals surface area (Å²) in [5, 5.41) is 12.2. The summed E-state index contributed by atoms with van der Waals surface area (Å²) in [5.41, 5.74) is 7.55. The van der Waals surface area contributed by atoms with Gasteiger partial charge in [0, 0.05) is 13.1 Å². The maximum atomic E-state index is 11.0. The molecule has 18 heavy (non-hydrogen) atoms. The summed E-state index contributed by atoms with van der Waals surface area (Å²) in [6, 6.07) is 7.79. The van der Waals surface area contributed by atoms with Gasteiger partial charge in [-0.3, -0.25) is 4.79 Å². The Balaban J connectivity index is 3.07. The first-order valence-corrected chi connectivity index (χ1v) is 5.83. The molecular formula is C13H18N4O. The third-order valence-electron chi connectivity index (χ3n) is 2.63. The molecule has 0 saturated carbocycles. The fraction of sp³-hybridized carbons (Fsp3) is 0.385. The van der Waals surface area contributed by atoms with Gasteiger partial charge >= 0.3 is 0 Å². The lowest BCUT2D eigenvalue weighted by Crippen LogP contribution is -2.34. The van der Waals surface area contributed by atoms with Crippen LogP contribution >= 0.6 is 0 Å². The standard InChI is InChI=1S/C13H18N4O/c1-3-17(9-13(15)18)12-5-4-10(8-16-2)6-11(12)7-14/h4-6,16H,3,8-9H2,1-2H3,(H2,15,18). The largest absolute Gasteiger partial charge is 0.368 e. The van der Waals surface area contributed by atoms with Crippen molar-refractivity contribution in [3.8, 4) is 6.07 Å². The van der Waals surface area contributed by atoms with Crippen LogP contribution in [0, 0.1) is 11.3 Å². The number of rotatable bonds is 6. The fourth-order valence-corrected chi connectivity index (χ4v) is 1.82. The summed E-state index contributed by atoms with van der Waals surface area (Å²) >= 11 is 0. The highest BCUT2D eigenvalue weighted by Crippen LogP contribution is 2.21. The summed E-state index contributed by atoms with van der Waals surface area (Å²) in [4.78, 5) is 12.8. The van der Waals surface area contributed by atoms with Crippen LogP contribution < -0.4 is 16.0 Å². The predicted molar refractivity (Wildman–Crippen MR) is 71.0 cm³/mol. The zero-order valence-corrected chi connectivity index (χ0v) is 10.7. The van der Waals surface area contributed by atoms with Gasteiger partial charge in [0.05, 0.1) is 17.8 Å². The van der Waals surface area contributed by atoms with E-state index in [2.05, 4.69) is 11.4 Å². The molecule has 0 aliphatic carbocycles. The Kier molecular flexibility index (Phi) is 5.15. The van der Waals surface area contributed by atoms with Crippen LogP contribution in [0.25, 0.3) is 0 Å².